The van der Waals surface area contributed by atoms with E-state index in [9.17, 15) is 0 Å². The summed E-state index contributed by atoms with van der Waals surface area (Å²) in [5.41, 5.74) is 1.42. The summed E-state index contributed by atoms with van der Waals surface area (Å²) >= 11 is 0. The first kappa shape index (κ1) is 15.7. The number of ether oxygens (including phenoxy) is 2. The number of piperidine rings is 1. The van der Waals surface area contributed by atoms with Crippen LogP contribution in [-0.4, -0.2) is 47.3 Å². The van der Waals surface area contributed by atoms with Crippen LogP contribution in [0.3, 0.4) is 0 Å². The fraction of sp³-hybridized carbons (Fsp3) is 0.412. The van der Waals surface area contributed by atoms with Crippen LogP contribution in [0, 0.1) is 11.3 Å². The highest BCUT2D eigenvalue weighted by molar-refractivity contribution is 5.55. The van der Waals surface area contributed by atoms with Gasteiger partial charge in [0, 0.05) is 31.6 Å². The molecule has 0 unspecified atom stereocenters. The van der Waals surface area contributed by atoms with E-state index >= 15 is 0 Å². The van der Waals surface area contributed by atoms with Gasteiger partial charge in [0.15, 0.2) is 11.6 Å². The Morgan fingerprint density at radius 3 is 2.52 bits per heavy atom. The molecule has 1 aromatic heterocycles. The van der Waals surface area contributed by atoms with Crippen molar-refractivity contribution in [2.24, 2.45) is 0 Å². The molecule has 3 heterocycles. The van der Waals surface area contributed by atoms with Gasteiger partial charge in [0.05, 0.1) is 31.0 Å². The normalized spacial score (nSPS) is 18.9. The Morgan fingerprint density at radius 2 is 1.84 bits per heavy atom. The average molecular weight is 338 g/mol. The fourth-order valence-electron chi connectivity index (χ4n) is 3.12. The summed E-state index contributed by atoms with van der Waals surface area (Å²) in [5, 5.41) is 20.0. The predicted octanol–water partition coefficient (Wildman–Crippen LogP) is 1.83. The van der Waals surface area contributed by atoms with Gasteiger partial charge in [-0.1, -0.05) is 0 Å². The van der Waals surface area contributed by atoms with E-state index in [1.54, 1.807) is 18.3 Å². The maximum absolute atomic E-state index is 8.85. The molecule has 0 saturated carbocycles. The van der Waals surface area contributed by atoms with E-state index in [0.717, 1.165) is 37.4 Å². The average Bonchev–Trinajstić information content (AvgIpc) is 3.11. The minimum absolute atomic E-state index is 0.402. The maximum atomic E-state index is 8.85. The monoisotopic (exact) mass is 338 g/mol. The molecule has 25 heavy (non-hydrogen) atoms. The van der Waals surface area contributed by atoms with Gasteiger partial charge in [-0.05, 0) is 24.3 Å². The van der Waals surface area contributed by atoms with Gasteiger partial charge in [-0.3, -0.25) is 0 Å². The first-order valence-electron chi connectivity index (χ1n) is 8.26. The van der Waals surface area contributed by atoms with E-state index in [4.69, 9.17) is 14.7 Å². The zero-order valence-electron chi connectivity index (χ0n) is 13.7. The first-order chi connectivity index (χ1) is 12.3. The molecule has 0 radical (unpaired) electrons. The van der Waals surface area contributed by atoms with Gasteiger partial charge in [0.1, 0.15) is 0 Å². The van der Waals surface area contributed by atoms with Gasteiger partial charge in [0.2, 0.25) is 5.95 Å². The molecule has 2 aromatic rings. The van der Waals surface area contributed by atoms with Gasteiger partial charge in [-0.25, -0.2) is 0 Å². The number of rotatable bonds is 3. The van der Waals surface area contributed by atoms with Crippen LogP contribution in [0.1, 0.15) is 18.4 Å². The zero-order valence-corrected chi connectivity index (χ0v) is 13.7. The van der Waals surface area contributed by atoms with Crippen molar-refractivity contribution in [3.8, 4) is 6.07 Å². The second kappa shape index (κ2) is 6.63. The highest BCUT2D eigenvalue weighted by Crippen LogP contribution is 2.32. The lowest BCUT2D eigenvalue weighted by atomic mass is 10.0. The van der Waals surface area contributed by atoms with Crippen molar-refractivity contribution in [3.63, 3.8) is 0 Å². The molecule has 1 aromatic carbocycles. The smallest absolute Gasteiger partial charge is 0.249 e. The number of nitrogens with one attached hydrogen (secondary N) is 1. The van der Waals surface area contributed by atoms with Crippen LogP contribution in [0.5, 0.6) is 0 Å². The SMILES string of the molecule is N#Cc1ccc(Nc2nncc(N3CCC4(CC3)OCCO4)n2)cc1. The van der Waals surface area contributed by atoms with Crippen molar-refractivity contribution < 1.29 is 9.47 Å². The summed E-state index contributed by atoms with van der Waals surface area (Å²) in [5.74, 6) is 0.801. The third-order valence-corrected chi connectivity index (χ3v) is 4.48. The first-order valence-corrected chi connectivity index (χ1v) is 8.26. The molecule has 128 valence electrons. The van der Waals surface area contributed by atoms with Crippen molar-refractivity contribution in [1.29, 1.82) is 5.26 Å². The molecular weight excluding hydrogens is 320 g/mol. The van der Waals surface area contributed by atoms with E-state index in [2.05, 4.69) is 31.5 Å². The van der Waals surface area contributed by atoms with E-state index in [-0.39, 0.29) is 0 Å². The zero-order chi connectivity index (χ0) is 17.1. The largest absolute Gasteiger partial charge is 0.355 e. The molecule has 0 amide bonds. The minimum atomic E-state index is -0.402. The Hall–Kier alpha value is -2.76. The van der Waals surface area contributed by atoms with Crippen molar-refractivity contribution in [1.82, 2.24) is 15.2 Å². The van der Waals surface area contributed by atoms with E-state index in [0.29, 0.717) is 24.7 Å². The topological polar surface area (TPSA) is 96.2 Å². The van der Waals surface area contributed by atoms with E-state index in [1.807, 2.05) is 12.1 Å². The summed E-state index contributed by atoms with van der Waals surface area (Å²) < 4.78 is 11.5. The summed E-state index contributed by atoms with van der Waals surface area (Å²) in [6, 6.07) is 9.20. The summed E-state index contributed by atoms with van der Waals surface area (Å²) in [6.07, 6.45) is 3.29. The molecular formula is C17H18N6O2. The van der Waals surface area contributed by atoms with Crippen LogP contribution in [0.2, 0.25) is 0 Å². The number of hydrogen-bond acceptors (Lipinski definition) is 8. The second-order valence-electron chi connectivity index (χ2n) is 6.05. The summed E-state index contributed by atoms with van der Waals surface area (Å²) in [7, 11) is 0. The number of hydrogen-bond donors (Lipinski definition) is 1. The summed E-state index contributed by atoms with van der Waals surface area (Å²) in [4.78, 5) is 6.71. The van der Waals surface area contributed by atoms with E-state index < -0.39 is 5.79 Å². The second-order valence-corrected chi connectivity index (χ2v) is 6.05. The number of anilines is 3. The molecule has 2 aliphatic rings. The maximum Gasteiger partial charge on any atom is 0.249 e. The number of benzene rings is 1. The van der Waals surface area contributed by atoms with Crippen LogP contribution < -0.4 is 10.2 Å². The molecule has 2 saturated heterocycles. The Kier molecular flexibility index (Phi) is 4.17. The summed E-state index contributed by atoms with van der Waals surface area (Å²) in [6.45, 7) is 2.95. The quantitative estimate of drug-likeness (QED) is 0.905. The minimum Gasteiger partial charge on any atom is -0.355 e. The molecule has 0 bridgehead atoms. The molecule has 8 heteroatoms. The van der Waals surface area contributed by atoms with Crippen LogP contribution in [0.4, 0.5) is 17.5 Å². The van der Waals surface area contributed by atoms with Gasteiger partial charge in [-0.15, -0.1) is 5.10 Å². The van der Waals surface area contributed by atoms with Crippen LogP contribution in [-0.2, 0) is 9.47 Å². The van der Waals surface area contributed by atoms with Gasteiger partial charge >= 0.3 is 0 Å². The number of nitrogens with zero attached hydrogens (tertiary/aromatic N) is 5. The molecule has 2 aliphatic heterocycles. The Labute approximate surface area is 145 Å². The molecule has 0 aliphatic carbocycles. The lowest BCUT2D eigenvalue weighted by Crippen LogP contribution is -2.45. The van der Waals surface area contributed by atoms with Gasteiger partial charge in [0.25, 0.3) is 0 Å². The van der Waals surface area contributed by atoms with Crippen molar-refractivity contribution in [2.45, 2.75) is 18.6 Å². The molecule has 2 fully saturated rings. The van der Waals surface area contributed by atoms with E-state index in [1.165, 1.54) is 0 Å². The molecule has 0 atom stereocenters. The fourth-order valence-corrected chi connectivity index (χ4v) is 3.12. The Balaban J connectivity index is 1.43. The molecule has 1 N–H and O–H groups in total. The van der Waals surface area contributed by atoms with Crippen LogP contribution >= 0.6 is 0 Å². The highest BCUT2D eigenvalue weighted by atomic mass is 16.7. The standard InChI is InChI=1S/C17H18N6O2/c18-11-13-1-3-14(4-2-13)20-16-21-15(12-19-22-16)23-7-5-17(6-8-23)24-9-10-25-17/h1-4,12H,5-10H2,(H,20,21,22). The molecule has 8 nitrogen and oxygen atoms in total. The van der Waals surface area contributed by atoms with Crippen molar-refractivity contribution in [2.75, 3.05) is 36.5 Å². The molecule has 4 rings (SSSR count). The highest BCUT2D eigenvalue weighted by Gasteiger charge is 2.40. The number of aromatic nitrogens is 3. The van der Waals surface area contributed by atoms with Crippen LogP contribution in [0.25, 0.3) is 0 Å². The Morgan fingerprint density at radius 1 is 1.12 bits per heavy atom. The lowest BCUT2D eigenvalue weighted by Gasteiger charge is -2.37. The third-order valence-electron chi connectivity index (χ3n) is 4.48. The predicted molar refractivity (Wildman–Crippen MR) is 90.3 cm³/mol. The lowest BCUT2D eigenvalue weighted by molar-refractivity contribution is -0.169. The Bertz CT molecular complexity index is 772. The number of nitriles is 1. The van der Waals surface area contributed by atoms with Crippen LogP contribution in [0.15, 0.2) is 30.5 Å². The van der Waals surface area contributed by atoms with Crippen molar-refractivity contribution in [3.05, 3.63) is 36.0 Å². The molecule has 1 spiro atoms. The third kappa shape index (κ3) is 3.38. The van der Waals surface area contributed by atoms with Crippen molar-refractivity contribution >= 4 is 17.5 Å². The van der Waals surface area contributed by atoms with Gasteiger partial charge in [-0.2, -0.15) is 15.3 Å². The van der Waals surface area contributed by atoms with Gasteiger partial charge < -0.3 is 19.7 Å².